The standard InChI is InChI=1S/C17H15NO4/c1-10-8-13-14(6-7-16(18-13)20-2)22-15-9-11(17(19)21-3)4-5-12(10)15/h4-9H,1-3H3. The van der Waals surface area contributed by atoms with Crippen LogP contribution in [0.1, 0.15) is 28.5 Å². The summed E-state index contributed by atoms with van der Waals surface area (Å²) in [7, 11) is 2.92. The summed E-state index contributed by atoms with van der Waals surface area (Å²) in [6.45, 7) is 1.97. The van der Waals surface area contributed by atoms with E-state index >= 15 is 0 Å². The highest BCUT2D eigenvalue weighted by molar-refractivity contribution is 5.92. The molecule has 0 bridgehead atoms. The first-order valence-corrected chi connectivity index (χ1v) is 6.76. The molecule has 3 rings (SSSR count). The minimum absolute atomic E-state index is 0.398. The van der Waals surface area contributed by atoms with Gasteiger partial charge in [0, 0.05) is 11.6 Å². The Kier molecular flexibility index (Phi) is 3.55. The second kappa shape index (κ2) is 5.52. The lowest BCUT2D eigenvalue weighted by Gasteiger charge is -2.11. The van der Waals surface area contributed by atoms with Gasteiger partial charge in [0.05, 0.1) is 19.8 Å². The number of esters is 1. The Morgan fingerprint density at radius 1 is 1.14 bits per heavy atom. The van der Waals surface area contributed by atoms with E-state index in [1.165, 1.54) is 7.11 Å². The van der Waals surface area contributed by atoms with E-state index in [9.17, 15) is 4.79 Å². The minimum atomic E-state index is -0.398. The summed E-state index contributed by atoms with van der Waals surface area (Å²) in [5.74, 6) is 1.33. The molecule has 2 aromatic rings. The number of benzene rings is 1. The Morgan fingerprint density at radius 2 is 1.95 bits per heavy atom. The molecule has 1 aromatic carbocycles. The van der Waals surface area contributed by atoms with E-state index < -0.39 is 5.97 Å². The minimum Gasteiger partial charge on any atom is -0.481 e. The molecule has 0 atom stereocenters. The molecule has 5 heteroatoms. The van der Waals surface area contributed by atoms with Gasteiger partial charge in [-0.1, -0.05) is 6.07 Å². The first-order valence-electron chi connectivity index (χ1n) is 6.76. The Hall–Kier alpha value is -2.82. The largest absolute Gasteiger partial charge is 0.481 e. The van der Waals surface area contributed by atoms with E-state index in [0.29, 0.717) is 28.6 Å². The zero-order valence-corrected chi connectivity index (χ0v) is 12.5. The number of carbonyl (C=O) groups excluding carboxylic acids is 1. The van der Waals surface area contributed by atoms with Gasteiger partial charge in [-0.25, -0.2) is 9.78 Å². The number of rotatable bonds is 2. The quantitative estimate of drug-likeness (QED) is 0.793. The molecule has 0 aliphatic carbocycles. The maximum Gasteiger partial charge on any atom is 0.337 e. The molecule has 0 radical (unpaired) electrons. The average molecular weight is 297 g/mol. The second-order valence-corrected chi connectivity index (χ2v) is 4.87. The first-order chi connectivity index (χ1) is 10.6. The maximum absolute atomic E-state index is 11.7. The van der Waals surface area contributed by atoms with Gasteiger partial charge >= 0.3 is 5.97 Å². The Balaban J connectivity index is 2.11. The fourth-order valence-electron chi connectivity index (χ4n) is 2.33. The van der Waals surface area contributed by atoms with Gasteiger partial charge < -0.3 is 14.2 Å². The van der Waals surface area contributed by atoms with Crippen molar-refractivity contribution in [3.63, 3.8) is 0 Å². The van der Waals surface area contributed by atoms with Crippen LogP contribution < -0.4 is 9.47 Å². The number of fused-ring (bicyclic) bond motifs is 2. The van der Waals surface area contributed by atoms with E-state index in [4.69, 9.17) is 14.2 Å². The summed E-state index contributed by atoms with van der Waals surface area (Å²) in [5, 5.41) is 0. The normalized spacial score (nSPS) is 12.2. The summed E-state index contributed by atoms with van der Waals surface area (Å²) in [4.78, 5) is 16.1. The SMILES string of the molecule is COC(=O)c1ccc2c(c1)Oc1ccc(OC)nc1C=C2C. The average Bonchev–Trinajstić information content (AvgIpc) is 2.68. The van der Waals surface area contributed by atoms with Crippen LogP contribution in [0, 0.1) is 0 Å². The van der Waals surface area contributed by atoms with Crippen molar-refractivity contribution in [3.05, 3.63) is 47.2 Å². The molecule has 0 amide bonds. The van der Waals surface area contributed by atoms with Crippen molar-refractivity contribution < 1.29 is 19.0 Å². The van der Waals surface area contributed by atoms with Crippen LogP contribution >= 0.6 is 0 Å². The summed E-state index contributed by atoms with van der Waals surface area (Å²) < 4.78 is 15.8. The number of methoxy groups -OCH3 is 2. The van der Waals surface area contributed by atoms with Crippen LogP contribution in [-0.2, 0) is 4.74 Å². The highest BCUT2D eigenvalue weighted by Gasteiger charge is 2.18. The molecule has 2 heterocycles. The molecule has 0 saturated heterocycles. The monoisotopic (exact) mass is 297 g/mol. The Bertz CT molecular complexity index is 780. The first kappa shape index (κ1) is 14.1. The van der Waals surface area contributed by atoms with Gasteiger partial charge in [0.2, 0.25) is 5.88 Å². The van der Waals surface area contributed by atoms with Crippen molar-refractivity contribution in [1.29, 1.82) is 0 Å². The molecule has 0 N–H and O–H groups in total. The third-order valence-electron chi connectivity index (χ3n) is 3.47. The van der Waals surface area contributed by atoms with Crippen LogP contribution in [0.15, 0.2) is 30.3 Å². The van der Waals surface area contributed by atoms with Gasteiger partial charge in [0.1, 0.15) is 11.4 Å². The molecule has 0 fully saturated rings. The van der Waals surface area contributed by atoms with Crippen LogP contribution in [0.25, 0.3) is 11.6 Å². The fourth-order valence-corrected chi connectivity index (χ4v) is 2.33. The highest BCUT2D eigenvalue weighted by Crippen LogP contribution is 2.38. The lowest BCUT2D eigenvalue weighted by Crippen LogP contribution is -2.02. The predicted molar refractivity (Wildman–Crippen MR) is 82.2 cm³/mol. The molecular formula is C17H15NO4. The summed E-state index contributed by atoms with van der Waals surface area (Å²) >= 11 is 0. The fraction of sp³-hybridized carbons (Fsp3) is 0.176. The van der Waals surface area contributed by atoms with E-state index in [-0.39, 0.29) is 0 Å². The molecule has 5 nitrogen and oxygen atoms in total. The van der Waals surface area contributed by atoms with Crippen molar-refractivity contribution in [3.8, 4) is 17.4 Å². The molecule has 22 heavy (non-hydrogen) atoms. The van der Waals surface area contributed by atoms with E-state index in [2.05, 4.69) is 4.98 Å². The summed E-state index contributed by atoms with van der Waals surface area (Å²) in [5.41, 5.74) is 3.03. The number of carbonyl (C=O) groups is 1. The summed E-state index contributed by atoms with van der Waals surface area (Å²) in [6.07, 6.45) is 1.93. The lowest BCUT2D eigenvalue weighted by atomic mass is 10.0. The number of allylic oxidation sites excluding steroid dienone is 1. The maximum atomic E-state index is 11.7. The third kappa shape index (κ3) is 2.41. The molecule has 0 spiro atoms. The van der Waals surface area contributed by atoms with Crippen LogP contribution in [0.2, 0.25) is 0 Å². The van der Waals surface area contributed by atoms with Crippen molar-refractivity contribution >= 4 is 17.6 Å². The number of ether oxygens (including phenoxy) is 3. The van der Waals surface area contributed by atoms with Crippen LogP contribution in [0.5, 0.6) is 17.4 Å². The van der Waals surface area contributed by atoms with Crippen molar-refractivity contribution in [2.75, 3.05) is 14.2 Å². The van der Waals surface area contributed by atoms with Gasteiger partial charge in [0.15, 0.2) is 5.75 Å². The molecule has 1 aliphatic rings. The van der Waals surface area contributed by atoms with Crippen molar-refractivity contribution in [2.24, 2.45) is 0 Å². The molecule has 1 aromatic heterocycles. The number of nitrogens with zero attached hydrogens (tertiary/aromatic N) is 1. The van der Waals surface area contributed by atoms with Crippen LogP contribution in [-0.4, -0.2) is 25.2 Å². The third-order valence-corrected chi connectivity index (χ3v) is 3.47. The van der Waals surface area contributed by atoms with Gasteiger partial charge in [-0.05, 0) is 36.8 Å². The number of pyridine rings is 1. The van der Waals surface area contributed by atoms with Crippen LogP contribution in [0.3, 0.4) is 0 Å². The van der Waals surface area contributed by atoms with E-state index in [1.807, 2.05) is 19.1 Å². The second-order valence-electron chi connectivity index (χ2n) is 4.87. The number of aromatic nitrogens is 1. The molecule has 0 saturated carbocycles. The molecular weight excluding hydrogens is 282 g/mol. The summed E-state index contributed by atoms with van der Waals surface area (Å²) in [6, 6.07) is 8.77. The van der Waals surface area contributed by atoms with Crippen LogP contribution in [0.4, 0.5) is 0 Å². The predicted octanol–water partition coefficient (Wildman–Crippen LogP) is 3.54. The zero-order chi connectivity index (χ0) is 15.7. The van der Waals surface area contributed by atoms with Gasteiger partial charge in [-0.2, -0.15) is 0 Å². The van der Waals surface area contributed by atoms with Gasteiger partial charge in [-0.15, -0.1) is 0 Å². The Morgan fingerprint density at radius 3 is 2.68 bits per heavy atom. The topological polar surface area (TPSA) is 57.7 Å². The van der Waals surface area contributed by atoms with Crippen molar-refractivity contribution in [1.82, 2.24) is 4.98 Å². The zero-order valence-electron chi connectivity index (χ0n) is 12.5. The molecule has 0 unspecified atom stereocenters. The number of hydrogen-bond donors (Lipinski definition) is 0. The Labute approximate surface area is 128 Å². The van der Waals surface area contributed by atoms with Crippen molar-refractivity contribution in [2.45, 2.75) is 6.92 Å². The smallest absolute Gasteiger partial charge is 0.337 e. The molecule has 1 aliphatic heterocycles. The lowest BCUT2D eigenvalue weighted by molar-refractivity contribution is 0.0600. The van der Waals surface area contributed by atoms with E-state index in [0.717, 1.165) is 11.1 Å². The molecule has 112 valence electrons. The van der Waals surface area contributed by atoms with Gasteiger partial charge in [-0.3, -0.25) is 0 Å². The van der Waals surface area contributed by atoms with Gasteiger partial charge in [0.25, 0.3) is 0 Å². The number of hydrogen-bond acceptors (Lipinski definition) is 5. The highest BCUT2D eigenvalue weighted by atomic mass is 16.5. The van der Waals surface area contributed by atoms with E-state index in [1.54, 1.807) is 31.4 Å².